The van der Waals surface area contributed by atoms with E-state index in [1.807, 2.05) is 11.8 Å². The molecule has 1 amide bonds. The van der Waals surface area contributed by atoms with Crippen LogP contribution in [0.2, 0.25) is 0 Å². The predicted molar refractivity (Wildman–Crippen MR) is 54.5 cm³/mol. The number of amides is 1. The Morgan fingerprint density at radius 3 is 2.62 bits per heavy atom. The van der Waals surface area contributed by atoms with Gasteiger partial charge in [-0.2, -0.15) is 0 Å². The van der Waals surface area contributed by atoms with Crippen molar-refractivity contribution in [1.82, 2.24) is 4.90 Å². The van der Waals surface area contributed by atoms with Crippen LogP contribution >= 0.6 is 0 Å². The zero-order valence-corrected chi connectivity index (χ0v) is 9.26. The van der Waals surface area contributed by atoms with E-state index >= 15 is 0 Å². The first-order valence-corrected chi connectivity index (χ1v) is 5.28. The molecule has 0 bridgehead atoms. The Kier molecular flexibility index (Phi) is 2.99. The van der Waals surface area contributed by atoms with Crippen molar-refractivity contribution < 1.29 is 4.79 Å². The predicted octanol–water partition coefficient (Wildman–Crippen LogP) is 2.43. The molecular weight excluding hydrogens is 162 g/mol. The largest absolute Gasteiger partial charge is 0.338 e. The lowest BCUT2D eigenvalue weighted by atomic mass is 9.83. The molecule has 1 saturated heterocycles. The minimum atomic E-state index is 0.0742. The maximum atomic E-state index is 11.6. The van der Waals surface area contributed by atoms with E-state index in [1.54, 1.807) is 0 Å². The Balaban J connectivity index is 2.69. The Hall–Kier alpha value is -0.530. The van der Waals surface area contributed by atoms with Gasteiger partial charge in [0.05, 0.1) is 0 Å². The van der Waals surface area contributed by atoms with Crippen LogP contribution in [-0.2, 0) is 4.79 Å². The third kappa shape index (κ3) is 2.23. The minimum Gasteiger partial charge on any atom is -0.338 e. The van der Waals surface area contributed by atoms with Gasteiger partial charge >= 0.3 is 0 Å². The second-order valence-corrected chi connectivity index (χ2v) is 4.81. The molecule has 1 atom stereocenters. The highest BCUT2D eigenvalue weighted by Crippen LogP contribution is 2.31. The summed E-state index contributed by atoms with van der Waals surface area (Å²) in [5.74, 6) is 1.06. The van der Waals surface area contributed by atoms with Crippen molar-refractivity contribution in [1.29, 1.82) is 0 Å². The first kappa shape index (κ1) is 10.6. The zero-order valence-electron chi connectivity index (χ0n) is 9.26. The number of carbonyl (C=O) groups is 1. The summed E-state index contributed by atoms with van der Waals surface area (Å²) in [6, 6.07) is 0. The highest BCUT2D eigenvalue weighted by molar-refractivity contribution is 5.76. The van der Waals surface area contributed by atoms with E-state index in [-0.39, 0.29) is 5.54 Å². The molecule has 1 heterocycles. The molecule has 1 fully saturated rings. The monoisotopic (exact) mass is 183 g/mol. The number of rotatable bonds is 1. The fraction of sp³-hybridized carbons (Fsp3) is 0.909. The van der Waals surface area contributed by atoms with Crippen molar-refractivity contribution in [2.24, 2.45) is 5.92 Å². The third-order valence-electron chi connectivity index (χ3n) is 3.03. The SMILES string of the molecule is CCC(=O)N1CCC(C)CC1(C)C. The van der Waals surface area contributed by atoms with Gasteiger partial charge < -0.3 is 4.90 Å². The van der Waals surface area contributed by atoms with Gasteiger partial charge in [-0.3, -0.25) is 4.79 Å². The summed E-state index contributed by atoms with van der Waals surface area (Å²) >= 11 is 0. The molecular formula is C11H21NO. The number of piperidine rings is 1. The van der Waals surface area contributed by atoms with Crippen molar-refractivity contribution in [3.63, 3.8) is 0 Å². The van der Waals surface area contributed by atoms with Gasteiger partial charge in [-0.25, -0.2) is 0 Å². The average molecular weight is 183 g/mol. The molecule has 1 aliphatic heterocycles. The molecule has 0 saturated carbocycles. The highest BCUT2D eigenvalue weighted by Gasteiger charge is 2.34. The van der Waals surface area contributed by atoms with Crippen molar-refractivity contribution in [3.05, 3.63) is 0 Å². The molecule has 2 nitrogen and oxygen atoms in total. The molecule has 0 aromatic heterocycles. The number of hydrogen-bond acceptors (Lipinski definition) is 1. The summed E-state index contributed by atoms with van der Waals surface area (Å²) in [6.07, 6.45) is 2.94. The topological polar surface area (TPSA) is 20.3 Å². The van der Waals surface area contributed by atoms with Gasteiger partial charge in [-0.15, -0.1) is 0 Å². The Morgan fingerprint density at radius 1 is 1.54 bits per heavy atom. The molecule has 0 radical (unpaired) electrons. The van der Waals surface area contributed by atoms with E-state index in [0.29, 0.717) is 12.3 Å². The second kappa shape index (κ2) is 3.69. The van der Waals surface area contributed by atoms with E-state index in [9.17, 15) is 4.79 Å². The van der Waals surface area contributed by atoms with Crippen LogP contribution in [0.15, 0.2) is 0 Å². The van der Waals surface area contributed by atoms with Crippen LogP contribution in [0.25, 0.3) is 0 Å². The van der Waals surface area contributed by atoms with Crippen LogP contribution in [0.3, 0.4) is 0 Å². The molecule has 13 heavy (non-hydrogen) atoms. The molecule has 2 heteroatoms. The summed E-state index contributed by atoms with van der Waals surface area (Å²) in [5.41, 5.74) is 0.0742. The normalized spacial score (nSPS) is 27.4. The number of nitrogens with zero attached hydrogens (tertiary/aromatic N) is 1. The van der Waals surface area contributed by atoms with E-state index in [4.69, 9.17) is 0 Å². The van der Waals surface area contributed by atoms with Gasteiger partial charge in [0.1, 0.15) is 0 Å². The number of carbonyl (C=O) groups excluding carboxylic acids is 1. The van der Waals surface area contributed by atoms with Crippen LogP contribution in [0.4, 0.5) is 0 Å². The van der Waals surface area contributed by atoms with Crippen LogP contribution in [0.1, 0.15) is 47.0 Å². The molecule has 1 rings (SSSR count). The molecule has 76 valence electrons. The molecule has 0 aromatic rings. The fourth-order valence-corrected chi connectivity index (χ4v) is 2.37. The van der Waals surface area contributed by atoms with E-state index < -0.39 is 0 Å². The fourth-order valence-electron chi connectivity index (χ4n) is 2.37. The maximum absolute atomic E-state index is 11.6. The lowest BCUT2D eigenvalue weighted by Crippen LogP contribution is -2.52. The van der Waals surface area contributed by atoms with Crippen LogP contribution in [0.5, 0.6) is 0 Å². The summed E-state index contributed by atoms with van der Waals surface area (Å²) in [5, 5.41) is 0. The number of hydrogen-bond donors (Lipinski definition) is 0. The first-order valence-electron chi connectivity index (χ1n) is 5.28. The van der Waals surface area contributed by atoms with Crippen LogP contribution in [0, 0.1) is 5.92 Å². The highest BCUT2D eigenvalue weighted by atomic mass is 16.2. The maximum Gasteiger partial charge on any atom is 0.222 e. The lowest BCUT2D eigenvalue weighted by Gasteiger charge is -2.45. The quantitative estimate of drug-likeness (QED) is 0.611. The van der Waals surface area contributed by atoms with E-state index in [0.717, 1.165) is 25.3 Å². The summed E-state index contributed by atoms with van der Waals surface area (Å²) in [6.45, 7) is 9.51. The molecule has 1 unspecified atom stereocenters. The Labute approximate surface area is 81.3 Å². The van der Waals surface area contributed by atoms with Crippen molar-refractivity contribution in [2.45, 2.75) is 52.5 Å². The van der Waals surface area contributed by atoms with Gasteiger partial charge in [0.15, 0.2) is 0 Å². The van der Waals surface area contributed by atoms with Gasteiger partial charge in [0.2, 0.25) is 5.91 Å². The Morgan fingerprint density at radius 2 is 2.15 bits per heavy atom. The van der Waals surface area contributed by atoms with E-state index in [2.05, 4.69) is 20.8 Å². The molecule has 0 aliphatic carbocycles. The van der Waals surface area contributed by atoms with Crippen LogP contribution in [-0.4, -0.2) is 22.9 Å². The average Bonchev–Trinajstić information content (AvgIpc) is 2.01. The smallest absolute Gasteiger partial charge is 0.222 e. The van der Waals surface area contributed by atoms with Crippen molar-refractivity contribution in [3.8, 4) is 0 Å². The van der Waals surface area contributed by atoms with Gasteiger partial charge in [0.25, 0.3) is 0 Å². The van der Waals surface area contributed by atoms with Crippen LogP contribution < -0.4 is 0 Å². The molecule has 1 aliphatic rings. The van der Waals surface area contributed by atoms with Crippen molar-refractivity contribution >= 4 is 5.91 Å². The molecule has 0 N–H and O–H groups in total. The lowest BCUT2D eigenvalue weighted by molar-refractivity contribution is -0.139. The molecule has 0 spiro atoms. The summed E-state index contributed by atoms with van der Waals surface area (Å²) in [4.78, 5) is 13.7. The van der Waals surface area contributed by atoms with Gasteiger partial charge in [-0.05, 0) is 32.6 Å². The Bertz CT molecular complexity index is 198. The van der Waals surface area contributed by atoms with E-state index in [1.165, 1.54) is 0 Å². The summed E-state index contributed by atoms with van der Waals surface area (Å²) < 4.78 is 0. The van der Waals surface area contributed by atoms with Gasteiger partial charge in [-0.1, -0.05) is 13.8 Å². The zero-order chi connectivity index (χ0) is 10.1. The summed E-state index contributed by atoms with van der Waals surface area (Å²) in [7, 11) is 0. The third-order valence-corrected chi connectivity index (χ3v) is 3.03. The second-order valence-electron chi connectivity index (χ2n) is 4.81. The molecule has 0 aromatic carbocycles. The number of likely N-dealkylation sites (tertiary alicyclic amines) is 1. The standard InChI is InChI=1S/C11H21NO/c1-5-10(13)12-7-6-9(2)8-11(12,3)4/h9H,5-8H2,1-4H3. The minimum absolute atomic E-state index is 0.0742. The first-order chi connectivity index (χ1) is 5.97. The van der Waals surface area contributed by atoms with Crippen molar-refractivity contribution in [2.75, 3.05) is 6.54 Å². The van der Waals surface area contributed by atoms with Gasteiger partial charge in [0, 0.05) is 18.5 Å².